The summed E-state index contributed by atoms with van der Waals surface area (Å²) in [6.07, 6.45) is 4.23. The normalized spacial score (nSPS) is 18.0. The standard InChI is InChI=1S/C16H24N4O4.ClH/c1-11(19-15(22)13-4-8-24-10-13)16(23)20-7-2-3-12(9-20)14(21)18-6-5-17;/h4,8,10-12H,2-3,5-7,9,17H2,1H3,(H,18,21)(H,19,22);1H. The van der Waals surface area contributed by atoms with Gasteiger partial charge < -0.3 is 25.7 Å². The zero-order valence-corrected chi connectivity index (χ0v) is 15.0. The molecule has 0 radical (unpaired) electrons. The van der Waals surface area contributed by atoms with Crippen molar-refractivity contribution in [1.29, 1.82) is 0 Å². The van der Waals surface area contributed by atoms with Crippen LogP contribution < -0.4 is 16.4 Å². The van der Waals surface area contributed by atoms with Gasteiger partial charge in [-0.25, -0.2) is 0 Å². The molecule has 4 N–H and O–H groups in total. The van der Waals surface area contributed by atoms with Crippen molar-refractivity contribution in [3.05, 3.63) is 24.2 Å². The van der Waals surface area contributed by atoms with Crippen LogP contribution in [0.2, 0.25) is 0 Å². The molecule has 140 valence electrons. The van der Waals surface area contributed by atoms with E-state index < -0.39 is 6.04 Å². The van der Waals surface area contributed by atoms with Gasteiger partial charge in [0.25, 0.3) is 5.91 Å². The molecule has 1 aliphatic heterocycles. The quantitative estimate of drug-likeness (QED) is 0.656. The first kappa shape index (κ1) is 21.0. The lowest BCUT2D eigenvalue weighted by Gasteiger charge is -2.33. The Labute approximate surface area is 152 Å². The maximum atomic E-state index is 12.5. The Morgan fingerprint density at radius 1 is 1.44 bits per heavy atom. The molecule has 2 rings (SSSR count). The molecule has 9 heteroatoms. The molecule has 1 aliphatic rings. The third-order valence-electron chi connectivity index (χ3n) is 4.05. The molecule has 3 amide bonds. The second-order valence-corrected chi connectivity index (χ2v) is 5.91. The lowest BCUT2D eigenvalue weighted by molar-refractivity contribution is -0.137. The third kappa shape index (κ3) is 5.75. The van der Waals surface area contributed by atoms with Crippen molar-refractivity contribution in [3.8, 4) is 0 Å². The lowest BCUT2D eigenvalue weighted by atomic mass is 9.96. The van der Waals surface area contributed by atoms with Gasteiger partial charge in [-0.15, -0.1) is 12.4 Å². The van der Waals surface area contributed by atoms with Crippen LogP contribution in [0, 0.1) is 5.92 Å². The molecular weight excluding hydrogens is 348 g/mol. The Hall–Kier alpha value is -2.06. The third-order valence-corrected chi connectivity index (χ3v) is 4.05. The minimum absolute atomic E-state index is 0. The summed E-state index contributed by atoms with van der Waals surface area (Å²) in [7, 11) is 0. The molecule has 0 bridgehead atoms. The molecule has 1 saturated heterocycles. The fourth-order valence-electron chi connectivity index (χ4n) is 2.74. The summed E-state index contributed by atoms with van der Waals surface area (Å²) in [5, 5.41) is 5.41. The highest BCUT2D eigenvalue weighted by atomic mass is 35.5. The molecule has 0 saturated carbocycles. The second-order valence-electron chi connectivity index (χ2n) is 5.91. The number of furan rings is 1. The number of halogens is 1. The Balaban J connectivity index is 0.00000312. The number of nitrogens with zero attached hydrogens (tertiary/aromatic N) is 1. The highest BCUT2D eigenvalue weighted by molar-refractivity contribution is 5.97. The molecule has 0 aromatic carbocycles. The fourth-order valence-corrected chi connectivity index (χ4v) is 2.74. The van der Waals surface area contributed by atoms with Crippen LogP contribution in [0.3, 0.4) is 0 Å². The highest BCUT2D eigenvalue weighted by Crippen LogP contribution is 2.17. The smallest absolute Gasteiger partial charge is 0.255 e. The monoisotopic (exact) mass is 372 g/mol. The Kier molecular flexibility index (Phi) is 8.44. The number of hydrogen-bond acceptors (Lipinski definition) is 5. The largest absolute Gasteiger partial charge is 0.472 e. The molecule has 2 atom stereocenters. The van der Waals surface area contributed by atoms with Crippen molar-refractivity contribution < 1.29 is 18.8 Å². The van der Waals surface area contributed by atoms with Crippen LogP contribution in [0.15, 0.2) is 23.0 Å². The number of rotatable bonds is 6. The van der Waals surface area contributed by atoms with Crippen LogP contribution >= 0.6 is 12.4 Å². The first-order valence-electron chi connectivity index (χ1n) is 8.12. The summed E-state index contributed by atoms with van der Waals surface area (Å²) in [5.41, 5.74) is 5.75. The van der Waals surface area contributed by atoms with Crippen molar-refractivity contribution in [2.24, 2.45) is 11.7 Å². The van der Waals surface area contributed by atoms with Gasteiger partial charge in [0.15, 0.2) is 0 Å². The topological polar surface area (TPSA) is 118 Å². The first-order valence-corrected chi connectivity index (χ1v) is 8.12. The minimum Gasteiger partial charge on any atom is -0.472 e. The van der Waals surface area contributed by atoms with Crippen molar-refractivity contribution in [2.75, 3.05) is 26.2 Å². The number of nitrogens with two attached hydrogens (primary N) is 1. The Bertz CT molecular complexity index is 579. The number of amides is 3. The van der Waals surface area contributed by atoms with E-state index >= 15 is 0 Å². The predicted octanol–water partition coefficient (Wildman–Crippen LogP) is 0.133. The average Bonchev–Trinajstić information content (AvgIpc) is 3.13. The average molecular weight is 373 g/mol. The summed E-state index contributed by atoms with van der Waals surface area (Å²) in [5.74, 6) is -0.860. The SMILES string of the molecule is CC(NC(=O)c1ccoc1)C(=O)N1CCCC(C(=O)NCCN)C1.Cl. The second kappa shape index (κ2) is 10.0. The van der Waals surface area contributed by atoms with Crippen LogP contribution in [-0.4, -0.2) is 54.8 Å². The minimum atomic E-state index is -0.668. The molecule has 1 aromatic heterocycles. The van der Waals surface area contributed by atoms with Crippen molar-refractivity contribution in [1.82, 2.24) is 15.5 Å². The molecular formula is C16H25ClN4O4. The van der Waals surface area contributed by atoms with E-state index in [1.807, 2.05) is 0 Å². The molecule has 2 unspecified atom stereocenters. The fraction of sp³-hybridized carbons (Fsp3) is 0.562. The maximum absolute atomic E-state index is 12.5. The van der Waals surface area contributed by atoms with Crippen molar-refractivity contribution >= 4 is 30.1 Å². The Morgan fingerprint density at radius 3 is 2.84 bits per heavy atom. The lowest BCUT2D eigenvalue weighted by Crippen LogP contribution is -2.52. The van der Waals surface area contributed by atoms with Gasteiger partial charge >= 0.3 is 0 Å². The molecule has 2 heterocycles. The molecule has 1 fully saturated rings. The van der Waals surface area contributed by atoms with Gasteiger partial charge in [0.05, 0.1) is 17.7 Å². The molecule has 0 spiro atoms. The summed E-state index contributed by atoms with van der Waals surface area (Å²) >= 11 is 0. The molecule has 1 aromatic rings. The number of nitrogens with one attached hydrogen (secondary N) is 2. The van der Waals surface area contributed by atoms with Gasteiger partial charge in [-0.05, 0) is 25.8 Å². The van der Waals surface area contributed by atoms with Gasteiger partial charge in [0.2, 0.25) is 11.8 Å². The number of carbonyl (C=O) groups excluding carboxylic acids is 3. The summed E-state index contributed by atoms with van der Waals surface area (Å²) in [6.45, 7) is 3.41. The predicted molar refractivity (Wildman–Crippen MR) is 94.3 cm³/mol. The molecule has 25 heavy (non-hydrogen) atoms. The van der Waals surface area contributed by atoms with E-state index in [4.69, 9.17) is 10.2 Å². The van der Waals surface area contributed by atoms with E-state index in [2.05, 4.69) is 10.6 Å². The number of hydrogen-bond donors (Lipinski definition) is 3. The number of carbonyl (C=O) groups is 3. The van der Waals surface area contributed by atoms with E-state index in [1.165, 1.54) is 18.6 Å². The van der Waals surface area contributed by atoms with E-state index in [1.54, 1.807) is 11.8 Å². The molecule has 8 nitrogen and oxygen atoms in total. The summed E-state index contributed by atoms with van der Waals surface area (Å²) in [6, 6.07) is 0.865. The Morgan fingerprint density at radius 2 is 2.20 bits per heavy atom. The number of piperidine rings is 1. The summed E-state index contributed by atoms with van der Waals surface area (Å²) < 4.78 is 4.86. The van der Waals surface area contributed by atoms with Gasteiger partial charge in [-0.3, -0.25) is 14.4 Å². The van der Waals surface area contributed by atoms with Crippen LogP contribution in [0.4, 0.5) is 0 Å². The van der Waals surface area contributed by atoms with E-state index in [0.717, 1.165) is 12.8 Å². The van der Waals surface area contributed by atoms with Crippen LogP contribution in [0.5, 0.6) is 0 Å². The summed E-state index contributed by atoms with van der Waals surface area (Å²) in [4.78, 5) is 38.2. The van der Waals surface area contributed by atoms with Crippen molar-refractivity contribution in [3.63, 3.8) is 0 Å². The zero-order valence-electron chi connectivity index (χ0n) is 14.2. The van der Waals surface area contributed by atoms with Crippen LogP contribution in [0.25, 0.3) is 0 Å². The van der Waals surface area contributed by atoms with E-state index in [9.17, 15) is 14.4 Å². The van der Waals surface area contributed by atoms with Crippen LogP contribution in [0.1, 0.15) is 30.1 Å². The van der Waals surface area contributed by atoms with E-state index in [-0.39, 0.29) is 36.0 Å². The van der Waals surface area contributed by atoms with Gasteiger partial charge in [0.1, 0.15) is 12.3 Å². The van der Waals surface area contributed by atoms with E-state index in [0.29, 0.717) is 31.7 Å². The van der Waals surface area contributed by atoms with Crippen molar-refractivity contribution in [2.45, 2.75) is 25.8 Å². The van der Waals surface area contributed by atoms with Gasteiger partial charge in [0, 0.05) is 26.2 Å². The highest BCUT2D eigenvalue weighted by Gasteiger charge is 2.30. The zero-order chi connectivity index (χ0) is 17.5. The number of likely N-dealkylation sites (tertiary alicyclic amines) is 1. The maximum Gasteiger partial charge on any atom is 0.255 e. The van der Waals surface area contributed by atoms with Gasteiger partial charge in [-0.1, -0.05) is 0 Å². The molecule has 0 aliphatic carbocycles. The van der Waals surface area contributed by atoms with Gasteiger partial charge in [-0.2, -0.15) is 0 Å². The van der Waals surface area contributed by atoms with Crippen LogP contribution in [-0.2, 0) is 9.59 Å². The first-order chi connectivity index (χ1) is 11.5.